The van der Waals surface area contributed by atoms with E-state index in [9.17, 15) is 14.2 Å². The third-order valence-corrected chi connectivity index (χ3v) is 5.37. The molecule has 0 aliphatic carbocycles. The van der Waals surface area contributed by atoms with Crippen LogP contribution in [0.5, 0.6) is 5.75 Å². The van der Waals surface area contributed by atoms with Crippen LogP contribution in [0.15, 0.2) is 10.5 Å². The lowest BCUT2D eigenvalue weighted by atomic mass is 9.83. The molecule has 1 N–H and O–H groups in total. The van der Waals surface area contributed by atoms with Gasteiger partial charge in [0.25, 0.3) is 5.91 Å². The number of fused-ring (bicyclic) bond motifs is 2. The molecule has 0 unspecified atom stereocenters. The topological polar surface area (TPSA) is 53.0 Å². The molecule has 0 spiro atoms. The Bertz CT molecular complexity index is 634. The number of amides is 1. The molecule has 0 radical (unpaired) electrons. The van der Waals surface area contributed by atoms with Gasteiger partial charge in [0.1, 0.15) is 6.61 Å². The van der Waals surface area contributed by atoms with Gasteiger partial charge in [0.05, 0.1) is 21.1 Å². The Morgan fingerprint density at radius 2 is 2.27 bits per heavy atom. The molecule has 1 aromatic rings. The van der Waals surface area contributed by atoms with Crippen LogP contribution in [0.25, 0.3) is 0 Å². The van der Waals surface area contributed by atoms with Gasteiger partial charge >= 0.3 is 7.05 Å². The molecule has 0 saturated carbocycles. The van der Waals surface area contributed by atoms with E-state index in [1.807, 2.05) is 4.81 Å². The second-order valence-corrected chi connectivity index (χ2v) is 6.65. The van der Waals surface area contributed by atoms with Crippen molar-refractivity contribution in [3.8, 4) is 5.75 Å². The van der Waals surface area contributed by atoms with E-state index in [0.29, 0.717) is 19.6 Å². The third-order valence-electron chi connectivity index (χ3n) is 4.07. The van der Waals surface area contributed by atoms with Crippen molar-refractivity contribution in [3.05, 3.63) is 26.9 Å². The first-order valence-corrected chi connectivity index (χ1v) is 8.10. The van der Waals surface area contributed by atoms with Crippen molar-refractivity contribution < 1.29 is 18.9 Å². The van der Waals surface area contributed by atoms with Crippen LogP contribution in [-0.2, 0) is 0 Å². The third kappa shape index (κ3) is 2.62. The lowest BCUT2D eigenvalue weighted by Gasteiger charge is -2.40. The number of piperazine rings is 1. The number of nitrogens with zero attached hydrogens (tertiary/aromatic N) is 2. The summed E-state index contributed by atoms with van der Waals surface area (Å²) in [7, 11) is -0.594. The minimum atomic E-state index is -0.664. The Labute approximate surface area is 141 Å². The minimum absolute atomic E-state index is 0.0701. The number of hydrogen-bond donors (Lipinski definition) is 1. The maximum atomic E-state index is 14.3. The normalized spacial score (nSPS) is 21.8. The first-order chi connectivity index (χ1) is 10.4. The molecule has 0 aromatic heterocycles. The van der Waals surface area contributed by atoms with Crippen molar-refractivity contribution in [3.63, 3.8) is 0 Å². The highest BCUT2D eigenvalue weighted by molar-refractivity contribution is 9.10. The molecule has 1 atom stereocenters. The molecule has 5 nitrogen and oxygen atoms in total. The van der Waals surface area contributed by atoms with E-state index in [0.717, 1.165) is 0 Å². The lowest BCUT2D eigenvalue weighted by molar-refractivity contribution is 0.0496. The van der Waals surface area contributed by atoms with Crippen LogP contribution in [0.1, 0.15) is 10.4 Å². The largest absolute Gasteiger partial charge is 0.487 e. The fourth-order valence-corrected chi connectivity index (χ4v) is 3.33. The molecule has 2 heterocycles. The number of halogens is 3. The molecule has 1 amide bonds. The molecule has 9 heteroatoms. The monoisotopic (exact) mass is 390 g/mol. The smallest absolute Gasteiger partial charge is 0.376 e. The molecule has 1 fully saturated rings. The zero-order chi connectivity index (χ0) is 16.0. The van der Waals surface area contributed by atoms with E-state index >= 15 is 0 Å². The summed E-state index contributed by atoms with van der Waals surface area (Å²) in [5.41, 5.74) is 0.138. The average molecular weight is 391 g/mol. The molecule has 118 valence electrons. The quantitative estimate of drug-likeness (QED) is 0.587. The van der Waals surface area contributed by atoms with E-state index in [-0.39, 0.29) is 39.4 Å². The van der Waals surface area contributed by atoms with Crippen molar-refractivity contribution in [2.24, 2.45) is 0 Å². The van der Waals surface area contributed by atoms with E-state index in [1.165, 1.54) is 6.07 Å². The Hall–Kier alpha value is -0.825. The maximum absolute atomic E-state index is 14.3. The predicted molar refractivity (Wildman–Crippen MR) is 84.8 cm³/mol. The van der Waals surface area contributed by atoms with E-state index in [1.54, 1.807) is 11.7 Å². The number of benzene rings is 1. The SMILES string of the molecule is CB(O)N1CCN2C(=O)c3cc(Cl)c(Br)c(F)c3OC[C@H]2C1. The summed E-state index contributed by atoms with van der Waals surface area (Å²) in [5, 5.41) is 9.83. The van der Waals surface area contributed by atoms with Crippen molar-refractivity contribution in [2.45, 2.75) is 12.9 Å². The van der Waals surface area contributed by atoms with Crippen molar-refractivity contribution >= 4 is 40.5 Å². The second-order valence-electron chi connectivity index (χ2n) is 5.45. The number of rotatable bonds is 1. The summed E-state index contributed by atoms with van der Waals surface area (Å²) in [5.74, 6) is -1.03. The summed E-state index contributed by atoms with van der Waals surface area (Å²) in [4.78, 5) is 16.2. The van der Waals surface area contributed by atoms with Crippen molar-refractivity contribution in [1.82, 2.24) is 9.71 Å². The van der Waals surface area contributed by atoms with Crippen LogP contribution < -0.4 is 4.74 Å². The molecule has 3 rings (SSSR count). The van der Waals surface area contributed by atoms with Crippen LogP contribution in [-0.4, -0.2) is 60.0 Å². The molecule has 2 aliphatic heterocycles. The molecular formula is C13H14BBrClFN2O3. The Morgan fingerprint density at radius 1 is 1.55 bits per heavy atom. The zero-order valence-electron chi connectivity index (χ0n) is 11.9. The highest BCUT2D eigenvalue weighted by Crippen LogP contribution is 2.37. The molecule has 22 heavy (non-hydrogen) atoms. The number of carbonyl (C=O) groups excluding carboxylic acids is 1. The highest BCUT2D eigenvalue weighted by atomic mass is 79.9. The first-order valence-electron chi connectivity index (χ1n) is 6.93. The van der Waals surface area contributed by atoms with Gasteiger partial charge in [-0.3, -0.25) is 4.79 Å². The summed E-state index contributed by atoms with van der Waals surface area (Å²) in [6, 6.07) is 1.19. The molecule has 0 bridgehead atoms. The van der Waals surface area contributed by atoms with Gasteiger partial charge < -0.3 is 19.5 Å². The van der Waals surface area contributed by atoms with Gasteiger partial charge in [-0.05, 0) is 28.8 Å². The fourth-order valence-electron chi connectivity index (χ4n) is 2.84. The van der Waals surface area contributed by atoms with Gasteiger partial charge in [0.2, 0.25) is 0 Å². The molecular weight excluding hydrogens is 377 g/mol. The van der Waals surface area contributed by atoms with Crippen LogP contribution in [0.4, 0.5) is 4.39 Å². The minimum Gasteiger partial charge on any atom is -0.487 e. The van der Waals surface area contributed by atoms with Gasteiger partial charge in [0.15, 0.2) is 11.6 Å². The van der Waals surface area contributed by atoms with Gasteiger partial charge in [-0.1, -0.05) is 11.6 Å². The molecule has 2 aliphatic rings. The average Bonchev–Trinajstić information content (AvgIpc) is 2.63. The summed E-state index contributed by atoms with van der Waals surface area (Å²) in [6.07, 6.45) is 0. The van der Waals surface area contributed by atoms with Crippen molar-refractivity contribution in [1.29, 1.82) is 0 Å². The van der Waals surface area contributed by atoms with Crippen LogP contribution in [0.3, 0.4) is 0 Å². The van der Waals surface area contributed by atoms with E-state index in [4.69, 9.17) is 16.3 Å². The summed E-state index contributed by atoms with van der Waals surface area (Å²) >= 11 is 9.01. The maximum Gasteiger partial charge on any atom is 0.376 e. The predicted octanol–water partition coefficient (Wildman–Crippen LogP) is 1.87. The Morgan fingerprint density at radius 3 is 2.95 bits per heavy atom. The Kier molecular flexibility index (Phi) is 4.37. The number of ether oxygens (including phenoxy) is 1. The second kappa shape index (κ2) is 6.00. The fraction of sp³-hybridized carbons (Fsp3) is 0.462. The van der Waals surface area contributed by atoms with Crippen molar-refractivity contribution in [2.75, 3.05) is 26.2 Å². The lowest BCUT2D eigenvalue weighted by Crippen LogP contribution is -2.59. The number of carbonyl (C=O) groups is 1. The van der Waals surface area contributed by atoms with Gasteiger partial charge in [-0.15, -0.1) is 0 Å². The molecule has 1 aromatic carbocycles. The number of hydrogen-bond acceptors (Lipinski definition) is 4. The van der Waals surface area contributed by atoms with Gasteiger partial charge in [-0.2, -0.15) is 0 Å². The van der Waals surface area contributed by atoms with Crippen LogP contribution in [0, 0.1) is 5.82 Å². The van der Waals surface area contributed by atoms with Crippen LogP contribution in [0.2, 0.25) is 11.8 Å². The van der Waals surface area contributed by atoms with E-state index in [2.05, 4.69) is 15.9 Å². The summed E-state index contributed by atoms with van der Waals surface area (Å²) < 4.78 is 19.9. The van der Waals surface area contributed by atoms with Gasteiger partial charge in [0, 0.05) is 19.6 Å². The molecule has 1 saturated heterocycles. The standard InChI is InChI=1S/C13H14BBrClFN2O3/c1-14(21)18-2-3-19-7(5-18)6-22-12-8(13(19)20)4-9(16)10(15)11(12)17/h4,7,21H,2-3,5-6H2,1H3/t7-/m1/s1. The first kappa shape index (κ1) is 16.0. The highest BCUT2D eigenvalue weighted by Gasteiger charge is 2.38. The van der Waals surface area contributed by atoms with Crippen LogP contribution >= 0.6 is 27.5 Å². The zero-order valence-corrected chi connectivity index (χ0v) is 14.2. The Balaban J connectivity index is 1.97. The summed E-state index contributed by atoms with van der Waals surface area (Å²) in [6.45, 7) is 3.34. The van der Waals surface area contributed by atoms with E-state index < -0.39 is 12.9 Å². The van der Waals surface area contributed by atoms with Gasteiger partial charge in [-0.25, -0.2) is 4.39 Å².